The molecule has 0 aliphatic rings. The van der Waals surface area contributed by atoms with Crippen molar-refractivity contribution in [3.05, 3.63) is 11.9 Å². The second-order valence-electron chi connectivity index (χ2n) is 4.58. The first-order valence-corrected chi connectivity index (χ1v) is 7.98. The minimum absolute atomic E-state index is 0.225. The summed E-state index contributed by atoms with van der Waals surface area (Å²) in [6, 6.07) is 1.80. The second-order valence-corrected chi connectivity index (χ2v) is 5.85. The van der Waals surface area contributed by atoms with E-state index in [9.17, 15) is 0 Å². The van der Waals surface area contributed by atoms with Gasteiger partial charge in [0.25, 0.3) is 0 Å². The second kappa shape index (κ2) is 8.28. The van der Waals surface area contributed by atoms with Crippen molar-refractivity contribution >= 4 is 23.4 Å². The van der Waals surface area contributed by atoms with Crippen molar-refractivity contribution in [3.63, 3.8) is 0 Å². The van der Waals surface area contributed by atoms with Gasteiger partial charge in [-0.1, -0.05) is 13.8 Å². The van der Waals surface area contributed by atoms with Crippen LogP contribution >= 0.6 is 11.8 Å². The van der Waals surface area contributed by atoms with Crippen molar-refractivity contribution < 1.29 is 4.74 Å². The molecule has 0 aromatic carbocycles. The largest absolute Gasteiger partial charge is 0.377 e. The molecule has 1 rings (SSSR count). The first-order chi connectivity index (χ1) is 9.62. The summed E-state index contributed by atoms with van der Waals surface area (Å²) in [5, 5.41) is 3.39. The maximum atomic E-state index is 5.43. The van der Waals surface area contributed by atoms with Crippen molar-refractivity contribution in [2.75, 3.05) is 30.7 Å². The molecule has 1 aromatic rings. The Hall–Kier alpha value is -1.05. The van der Waals surface area contributed by atoms with E-state index in [0.717, 1.165) is 25.2 Å². The van der Waals surface area contributed by atoms with Crippen molar-refractivity contribution in [1.29, 1.82) is 0 Å². The predicted molar refractivity (Wildman–Crippen MR) is 85.9 cm³/mol. The van der Waals surface area contributed by atoms with E-state index in [4.69, 9.17) is 10.6 Å². The Balaban J connectivity index is 2.83. The number of nitrogens with one attached hydrogen (secondary N) is 2. The van der Waals surface area contributed by atoms with Crippen LogP contribution in [0.15, 0.2) is 6.07 Å². The summed E-state index contributed by atoms with van der Waals surface area (Å²) in [7, 11) is 1.62. The Kier molecular flexibility index (Phi) is 7.04. The molecule has 0 aliphatic heterocycles. The number of thioether (sulfide) groups is 1. The molecule has 0 unspecified atom stereocenters. The maximum absolute atomic E-state index is 5.43. The van der Waals surface area contributed by atoms with E-state index >= 15 is 0 Å². The fraction of sp³-hybridized carbons (Fsp3) is 0.692. The molecule has 1 heterocycles. The molecule has 1 aromatic heterocycles. The lowest BCUT2D eigenvalue weighted by molar-refractivity contribution is 0.178. The van der Waals surface area contributed by atoms with Gasteiger partial charge in [-0.25, -0.2) is 15.8 Å². The summed E-state index contributed by atoms with van der Waals surface area (Å²) in [6.07, 6.45) is 4.36. The Labute approximate surface area is 125 Å². The summed E-state index contributed by atoms with van der Waals surface area (Å²) in [5.41, 5.74) is 2.55. The van der Waals surface area contributed by atoms with Crippen LogP contribution in [0, 0.1) is 0 Å². The van der Waals surface area contributed by atoms with Gasteiger partial charge in [0.1, 0.15) is 18.2 Å². The van der Waals surface area contributed by atoms with Gasteiger partial charge in [-0.2, -0.15) is 11.8 Å². The SMILES string of the molecule is CCC(CC)(CNc1cc(NN)nc(COC)n1)SC. The average Bonchev–Trinajstić information content (AvgIpc) is 2.49. The number of nitrogens with two attached hydrogens (primary N) is 1. The number of hydrazine groups is 1. The topological polar surface area (TPSA) is 85.1 Å². The third kappa shape index (κ3) is 4.50. The summed E-state index contributed by atoms with van der Waals surface area (Å²) in [5.74, 6) is 7.38. The number of anilines is 2. The number of hydrogen-bond acceptors (Lipinski definition) is 7. The monoisotopic (exact) mass is 299 g/mol. The number of hydrogen-bond donors (Lipinski definition) is 3. The van der Waals surface area contributed by atoms with Gasteiger partial charge in [-0.15, -0.1) is 0 Å². The smallest absolute Gasteiger partial charge is 0.158 e. The molecular weight excluding hydrogens is 274 g/mol. The van der Waals surface area contributed by atoms with Crippen molar-refractivity contribution in [1.82, 2.24) is 9.97 Å². The molecule has 0 saturated heterocycles. The zero-order chi connectivity index (χ0) is 15.0. The molecule has 0 aliphatic carbocycles. The normalized spacial score (nSPS) is 11.4. The lowest BCUT2D eigenvalue weighted by Gasteiger charge is -2.30. The van der Waals surface area contributed by atoms with E-state index in [1.807, 2.05) is 11.8 Å². The summed E-state index contributed by atoms with van der Waals surface area (Å²) in [6.45, 7) is 5.64. The van der Waals surface area contributed by atoms with Crippen molar-refractivity contribution in [3.8, 4) is 0 Å². The molecule has 0 saturated carbocycles. The Bertz CT molecular complexity index is 403. The van der Waals surface area contributed by atoms with Gasteiger partial charge < -0.3 is 15.5 Å². The van der Waals surface area contributed by atoms with E-state index in [-0.39, 0.29) is 4.75 Å². The third-order valence-electron chi connectivity index (χ3n) is 3.51. The average molecular weight is 299 g/mol. The van der Waals surface area contributed by atoms with Crippen molar-refractivity contribution in [2.45, 2.75) is 38.0 Å². The van der Waals surface area contributed by atoms with E-state index in [0.29, 0.717) is 18.2 Å². The van der Waals surface area contributed by atoms with Gasteiger partial charge in [0.2, 0.25) is 0 Å². The number of rotatable bonds is 9. The van der Waals surface area contributed by atoms with Gasteiger partial charge in [-0.3, -0.25) is 0 Å². The molecule has 0 amide bonds. The minimum atomic E-state index is 0.225. The van der Waals surface area contributed by atoms with Crippen LogP contribution in [0.2, 0.25) is 0 Å². The molecule has 114 valence electrons. The van der Waals surface area contributed by atoms with Gasteiger partial charge in [0.05, 0.1) is 0 Å². The summed E-state index contributed by atoms with van der Waals surface area (Å²) >= 11 is 1.89. The Morgan fingerprint density at radius 2 is 1.95 bits per heavy atom. The maximum Gasteiger partial charge on any atom is 0.158 e. The quantitative estimate of drug-likeness (QED) is 0.476. The zero-order valence-electron chi connectivity index (χ0n) is 12.7. The number of methoxy groups -OCH3 is 1. The van der Waals surface area contributed by atoms with Crippen LogP contribution in [0.25, 0.3) is 0 Å². The molecule has 0 spiro atoms. The molecule has 0 radical (unpaired) electrons. The number of nitrogens with zero attached hydrogens (tertiary/aromatic N) is 2. The highest BCUT2D eigenvalue weighted by molar-refractivity contribution is 8.00. The van der Waals surface area contributed by atoms with Crippen molar-refractivity contribution in [2.24, 2.45) is 5.84 Å². The lowest BCUT2D eigenvalue weighted by atomic mass is 10.0. The fourth-order valence-electron chi connectivity index (χ4n) is 1.97. The molecular formula is C13H25N5OS. The van der Waals surface area contributed by atoms with Crippen LogP contribution < -0.4 is 16.6 Å². The van der Waals surface area contributed by atoms with Crippen LogP contribution in [-0.2, 0) is 11.3 Å². The first kappa shape index (κ1) is 17.0. The van der Waals surface area contributed by atoms with Gasteiger partial charge in [0.15, 0.2) is 5.82 Å². The van der Waals surface area contributed by atoms with Gasteiger partial charge in [-0.05, 0) is 19.1 Å². The van der Waals surface area contributed by atoms with E-state index < -0.39 is 0 Å². The fourth-order valence-corrected chi connectivity index (χ4v) is 2.76. The highest BCUT2D eigenvalue weighted by atomic mass is 32.2. The Morgan fingerprint density at radius 1 is 1.30 bits per heavy atom. The standard InChI is InChI=1S/C13H25N5OS/c1-5-13(6-2,20-4)9-15-10-7-11(18-14)17-12(16-10)8-19-3/h7H,5-6,8-9,14H2,1-4H3,(H2,15,16,17,18). The highest BCUT2D eigenvalue weighted by Gasteiger charge is 2.24. The number of nitrogen functional groups attached to an aromatic ring is 1. The minimum Gasteiger partial charge on any atom is -0.377 e. The molecule has 0 atom stereocenters. The third-order valence-corrected chi connectivity index (χ3v) is 5.09. The molecule has 6 nitrogen and oxygen atoms in total. The lowest BCUT2D eigenvalue weighted by Crippen LogP contribution is -2.32. The summed E-state index contributed by atoms with van der Waals surface area (Å²) in [4.78, 5) is 8.65. The van der Waals surface area contributed by atoms with E-state index in [1.54, 1.807) is 13.2 Å². The highest BCUT2D eigenvalue weighted by Crippen LogP contribution is 2.30. The van der Waals surface area contributed by atoms with Crippen LogP contribution in [0.5, 0.6) is 0 Å². The number of ether oxygens (including phenoxy) is 1. The summed E-state index contributed by atoms with van der Waals surface area (Å²) < 4.78 is 5.29. The van der Waals surface area contributed by atoms with E-state index in [1.165, 1.54) is 0 Å². The van der Waals surface area contributed by atoms with Crippen LogP contribution in [0.3, 0.4) is 0 Å². The van der Waals surface area contributed by atoms with Gasteiger partial charge in [0, 0.05) is 24.5 Å². The molecule has 20 heavy (non-hydrogen) atoms. The first-order valence-electron chi connectivity index (χ1n) is 6.75. The van der Waals surface area contributed by atoms with Crippen LogP contribution in [0.4, 0.5) is 11.6 Å². The van der Waals surface area contributed by atoms with E-state index in [2.05, 4.69) is 40.8 Å². The zero-order valence-corrected chi connectivity index (χ0v) is 13.5. The molecule has 0 bridgehead atoms. The number of aromatic nitrogens is 2. The van der Waals surface area contributed by atoms with Crippen LogP contribution in [-0.4, -0.2) is 34.6 Å². The molecule has 4 N–H and O–H groups in total. The molecule has 7 heteroatoms. The van der Waals surface area contributed by atoms with Gasteiger partial charge >= 0.3 is 0 Å². The predicted octanol–water partition coefficient (Wildman–Crippen LogP) is 2.24. The van der Waals surface area contributed by atoms with Crippen LogP contribution in [0.1, 0.15) is 32.5 Å². The Morgan fingerprint density at radius 3 is 2.45 bits per heavy atom. The molecule has 0 fully saturated rings.